The van der Waals surface area contributed by atoms with E-state index in [1.54, 1.807) is 11.8 Å². The third kappa shape index (κ3) is 5.40. The van der Waals surface area contributed by atoms with E-state index >= 15 is 0 Å². The number of nitrogens with one attached hydrogen (secondary N) is 2. The van der Waals surface area contributed by atoms with Crippen LogP contribution in [0.15, 0.2) is 42.5 Å². The van der Waals surface area contributed by atoms with Crippen molar-refractivity contribution in [3.8, 4) is 0 Å². The predicted molar refractivity (Wildman–Crippen MR) is 141 cm³/mol. The summed E-state index contributed by atoms with van der Waals surface area (Å²) in [6.45, 7) is 7.81. The van der Waals surface area contributed by atoms with E-state index in [4.69, 9.17) is 5.73 Å². The van der Waals surface area contributed by atoms with Crippen molar-refractivity contribution in [3.63, 3.8) is 0 Å². The molecule has 2 aromatic carbocycles. The lowest BCUT2D eigenvalue weighted by Gasteiger charge is -2.41. The van der Waals surface area contributed by atoms with Gasteiger partial charge in [-0.15, -0.1) is 0 Å². The van der Waals surface area contributed by atoms with E-state index in [2.05, 4.69) is 22.8 Å². The maximum Gasteiger partial charge on any atom is 0.246 e. The van der Waals surface area contributed by atoms with Crippen LogP contribution in [-0.2, 0) is 33.8 Å². The Morgan fingerprint density at radius 1 is 1.08 bits per heavy atom. The average molecular weight is 491 g/mol. The second kappa shape index (κ2) is 10.3. The predicted octanol–water partition coefficient (Wildman–Crippen LogP) is 3.66. The van der Waals surface area contributed by atoms with Crippen molar-refractivity contribution in [2.24, 2.45) is 5.41 Å². The van der Waals surface area contributed by atoms with E-state index in [0.29, 0.717) is 12.1 Å². The SMILES string of the molecule is CCC(=O)N[C@H](C(=O)N1Cc2cc(N)ccc2C[C@H]1C(=O)N[C@@H]1CCCc2ccccc21)C(C)(C)C. The molecule has 2 aromatic rings. The molecular weight excluding hydrogens is 452 g/mol. The molecule has 1 aliphatic carbocycles. The maximum atomic E-state index is 14.0. The topological polar surface area (TPSA) is 105 Å². The van der Waals surface area contributed by atoms with Gasteiger partial charge in [0.05, 0.1) is 6.04 Å². The van der Waals surface area contributed by atoms with Gasteiger partial charge < -0.3 is 21.3 Å². The Balaban J connectivity index is 1.65. The van der Waals surface area contributed by atoms with E-state index in [-0.39, 0.29) is 36.7 Å². The van der Waals surface area contributed by atoms with Gasteiger partial charge in [0.15, 0.2) is 0 Å². The van der Waals surface area contributed by atoms with Gasteiger partial charge in [-0.05, 0) is 59.1 Å². The zero-order valence-corrected chi connectivity index (χ0v) is 21.8. The van der Waals surface area contributed by atoms with Crippen LogP contribution < -0.4 is 16.4 Å². The van der Waals surface area contributed by atoms with Crippen LogP contribution in [-0.4, -0.2) is 34.7 Å². The van der Waals surface area contributed by atoms with Crippen LogP contribution in [0.2, 0.25) is 0 Å². The van der Waals surface area contributed by atoms with Crippen LogP contribution >= 0.6 is 0 Å². The monoisotopic (exact) mass is 490 g/mol. The van der Waals surface area contributed by atoms with E-state index in [9.17, 15) is 14.4 Å². The van der Waals surface area contributed by atoms with Crippen LogP contribution in [0.5, 0.6) is 0 Å². The lowest BCUT2D eigenvalue weighted by atomic mass is 9.83. The molecule has 192 valence electrons. The summed E-state index contributed by atoms with van der Waals surface area (Å²) >= 11 is 0. The Kier molecular flexibility index (Phi) is 7.38. The van der Waals surface area contributed by atoms with Crippen LogP contribution in [0.3, 0.4) is 0 Å². The summed E-state index contributed by atoms with van der Waals surface area (Å²) in [6, 6.07) is 12.4. The van der Waals surface area contributed by atoms with Crippen molar-refractivity contribution in [1.29, 1.82) is 0 Å². The van der Waals surface area contributed by atoms with Gasteiger partial charge in [0.25, 0.3) is 0 Å². The number of aryl methyl sites for hydroxylation is 1. The fourth-order valence-electron chi connectivity index (χ4n) is 5.32. The third-order valence-electron chi connectivity index (χ3n) is 7.37. The summed E-state index contributed by atoms with van der Waals surface area (Å²) in [6.07, 6.45) is 3.57. The number of rotatable bonds is 5. The van der Waals surface area contributed by atoms with Crippen LogP contribution in [0.1, 0.15) is 75.3 Å². The number of hydrogen-bond acceptors (Lipinski definition) is 4. The minimum atomic E-state index is -0.752. The highest BCUT2D eigenvalue weighted by Crippen LogP contribution is 2.32. The van der Waals surface area contributed by atoms with Crippen molar-refractivity contribution in [1.82, 2.24) is 15.5 Å². The number of nitrogens with two attached hydrogens (primary N) is 1. The molecule has 3 amide bonds. The molecule has 0 bridgehead atoms. The Morgan fingerprint density at radius 2 is 1.83 bits per heavy atom. The lowest BCUT2D eigenvalue weighted by molar-refractivity contribution is -0.147. The summed E-state index contributed by atoms with van der Waals surface area (Å²) in [5.41, 5.74) is 10.5. The molecular formula is C29H38N4O3. The Hall–Kier alpha value is -3.35. The Labute approximate surface area is 213 Å². The Morgan fingerprint density at radius 3 is 2.56 bits per heavy atom. The van der Waals surface area contributed by atoms with Gasteiger partial charge in [-0.3, -0.25) is 14.4 Å². The number of hydrogen-bond donors (Lipinski definition) is 3. The largest absolute Gasteiger partial charge is 0.399 e. The van der Waals surface area contributed by atoms with Gasteiger partial charge in [-0.1, -0.05) is 58.0 Å². The molecule has 3 atom stereocenters. The maximum absolute atomic E-state index is 14.0. The highest BCUT2D eigenvalue weighted by Gasteiger charge is 2.42. The first-order valence-electron chi connectivity index (χ1n) is 12.9. The first kappa shape index (κ1) is 25.7. The molecule has 0 saturated heterocycles. The first-order valence-corrected chi connectivity index (χ1v) is 12.9. The van der Waals surface area contributed by atoms with Crippen LogP contribution in [0.25, 0.3) is 0 Å². The van der Waals surface area contributed by atoms with Gasteiger partial charge in [0.1, 0.15) is 12.1 Å². The van der Waals surface area contributed by atoms with Crippen molar-refractivity contribution < 1.29 is 14.4 Å². The highest BCUT2D eigenvalue weighted by molar-refractivity contribution is 5.93. The molecule has 0 spiro atoms. The molecule has 2 aliphatic rings. The van der Waals surface area contributed by atoms with Gasteiger partial charge >= 0.3 is 0 Å². The fourth-order valence-corrected chi connectivity index (χ4v) is 5.32. The fraction of sp³-hybridized carbons (Fsp3) is 0.483. The van der Waals surface area contributed by atoms with E-state index in [1.165, 1.54) is 5.56 Å². The molecule has 4 N–H and O–H groups in total. The third-order valence-corrected chi connectivity index (χ3v) is 7.37. The summed E-state index contributed by atoms with van der Waals surface area (Å²) in [4.78, 5) is 41.8. The van der Waals surface area contributed by atoms with Crippen molar-refractivity contribution in [3.05, 3.63) is 64.7 Å². The smallest absolute Gasteiger partial charge is 0.246 e. The van der Waals surface area contributed by atoms with Crippen LogP contribution in [0, 0.1) is 5.41 Å². The number of carbonyl (C=O) groups excluding carboxylic acids is 3. The van der Waals surface area contributed by atoms with E-state index < -0.39 is 17.5 Å². The summed E-state index contributed by atoms with van der Waals surface area (Å²) in [5.74, 6) is -0.603. The molecule has 0 unspecified atom stereocenters. The number of amides is 3. The minimum absolute atomic E-state index is 0.0783. The molecule has 1 aliphatic heterocycles. The zero-order chi connectivity index (χ0) is 26.0. The lowest BCUT2D eigenvalue weighted by Crippen LogP contribution is -2.60. The molecule has 36 heavy (non-hydrogen) atoms. The number of nitrogens with zero attached hydrogens (tertiary/aromatic N) is 1. The number of nitrogen functional groups attached to an aromatic ring is 1. The molecule has 7 heteroatoms. The van der Waals surface area contributed by atoms with Crippen molar-refractivity contribution in [2.75, 3.05) is 5.73 Å². The summed E-state index contributed by atoms with van der Waals surface area (Å²) < 4.78 is 0. The van der Waals surface area contributed by atoms with Gasteiger partial charge in [0, 0.05) is 25.1 Å². The molecule has 1 heterocycles. The molecule has 4 rings (SSSR count). The van der Waals surface area contributed by atoms with E-state index in [0.717, 1.165) is 36.0 Å². The quantitative estimate of drug-likeness (QED) is 0.557. The molecule has 0 saturated carbocycles. The zero-order valence-electron chi connectivity index (χ0n) is 21.8. The summed E-state index contributed by atoms with van der Waals surface area (Å²) in [7, 11) is 0. The summed E-state index contributed by atoms with van der Waals surface area (Å²) in [5, 5.41) is 6.16. The standard InChI is InChI=1S/C29H38N4O3/c1-5-25(34)32-26(29(2,3)4)28(36)33-17-20-15-21(30)14-13-19(20)16-24(33)27(35)31-23-12-8-10-18-9-6-7-11-22(18)23/h6-7,9,11,13-15,23-24,26H,5,8,10,12,16-17,30H2,1-4H3,(H,31,35)(H,32,34)/t23-,24+,26-/m1/s1. The second-order valence-corrected chi connectivity index (χ2v) is 11.1. The molecule has 0 fully saturated rings. The van der Waals surface area contributed by atoms with Crippen LogP contribution in [0.4, 0.5) is 5.69 Å². The van der Waals surface area contributed by atoms with Gasteiger partial charge in [0.2, 0.25) is 17.7 Å². The second-order valence-electron chi connectivity index (χ2n) is 11.1. The Bertz CT molecular complexity index is 1150. The molecule has 0 radical (unpaired) electrons. The van der Waals surface area contributed by atoms with Gasteiger partial charge in [-0.2, -0.15) is 0 Å². The van der Waals surface area contributed by atoms with E-state index in [1.807, 2.05) is 51.1 Å². The van der Waals surface area contributed by atoms with Crippen molar-refractivity contribution in [2.45, 2.75) is 84.5 Å². The van der Waals surface area contributed by atoms with Gasteiger partial charge in [-0.25, -0.2) is 0 Å². The molecule has 0 aromatic heterocycles. The number of anilines is 1. The van der Waals surface area contributed by atoms with Crippen molar-refractivity contribution >= 4 is 23.4 Å². The average Bonchev–Trinajstić information content (AvgIpc) is 2.85. The minimum Gasteiger partial charge on any atom is -0.399 e. The number of fused-ring (bicyclic) bond motifs is 2. The number of carbonyl (C=O) groups is 3. The highest BCUT2D eigenvalue weighted by atomic mass is 16.2. The molecule has 7 nitrogen and oxygen atoms in total. The first-order chi connectivity index (χ1) is 17.1. The normalized spacial score (nSPS) is 20.1. The number of benzene rings is 2.